The molecule has 4 heteroatoms. The van der Waals surface area contributed by atoms with Crippen LogP contribution in [0.15, 0.2) is 42.5 Å². The Morgan fingerprint density at radius 3 is 2.47 bits per heavy atom. The van der Waals surface area contributed by atoms with Crippen LogP contribution in [0.2, 0.25) is 5.02 Å². The smallest absolute Gasteiger partial charge is 0.335 e. The van der Waals surface area contributed by atoms with Crippen molar-refractivity contribution < 1.29 is 14.6 Å². The van der Waals surface area contributed by atoms with E-state index in [2.05, 4.69) is 0 Å². The van der Waals surface area contributed by atoms with Crippen LogP contribution >= 0.6 is 11.6 Å². The summed E-state index contributed by atoms with van der Waals surface area (Å²) in [5.74, 6) is -0.194. The molecule has 0 unspecified atom stereocenters. The molecule has 2 aromatic carbocycles. The number of halogens is 1. The number of hydrogen-bond donors (Lipinski definition) is 1. The van der Waals surface area contributed by atoms with Crippen LogP contribution in [0.1, 0.15) is 17.3 Å². The number of rotatable bonds is 4. The van der Waals surface area contributed by atoms with Crippen molar-refractivity contribution in [3.05, 3.63) is 53.1 Å². The molecule has 19 heavy (non-hydrogen) atoms. The Kier molecular flexibility index (Phi) is 4.07. The molecule has 2 rings (SSSR count). The molecule has 0 aliphatic carbocycles. The molecule has 0 bridgehead atoms. The Hall–Kier alpha value is -2.00. The van der Waals surface area contributed by atoms with Gasteiger partial charge in [-0.15, -0.1) is 0 Å². The fourth-order valence-electron chi connectivity index (χ4n) is 1.78. The summed E-state index contributed by atoms with van der Waals surface area (Å²) in [6, 6.07) is 12.0. The molecule has 0 aliphatic heterocycles. The molecule has 3 nitrogen and oxygen atoms in total. The molecule has 0 saturated carbocycles. The van der Waals surface area contributed by atoms with Crippen molar-refractivity contribution in [2.24, 2.45) is 0 Å². The van der Waals surface area contributed by atoms with E-state index >= 15 is 0 Å². The van der Waals surface area contributed by atoms with Crippen LogP contribution < -0.4 is 4.74 Å². The maximum Gasteiger partial charge on any atom is 0.335 e. The topological polar surface area (TPSA) is 46.5 Å². The molecule has 1 N–H and O–H groups in total. The number of benzene rings is 2. The van der Waals surface area contributed by atoms with Gasteiger partial charge in [0.05, 0.1) is 12.2 Å². The van der Waals surface area contributed by atoms with E-state index in [0.717, 1.165) is 11.3 Å². The average molecular weight is 277 g/mol. The van der Waals surface area contributed by atoms with Crippen LogP contribution in [-0.4, -0.2) is 17.7 Å². The van der Waals surface area contributed by atoms with Gasteiger partial charge in [-0.25, -0.2) is 4.79 Å². The highest BCUT2D eigenvalue weighted by Gasteiger charge is 2.09. The summed E-state index contributed by atoms with van der Waals surface area (Å²) in [4.78, 5) is 11.0. The normalized spacial score (nSPS) is 10.2. The van der Waals surface area contributed by atoms with Gasteiger partial charge in [-0.05, 0) is 42.8 Å². The molecular weight excluding hydrogens is 264 g/mol. The van der Waals surface area contributed by atoms with E-state index in [0.29, 0.717) is 17.2 Å². The summed E-state index contributed by atoms with van der Waals surface area (Å²) in [5, 5.41) is 9.52. The van der Waals surface area contributed by atoms with E-state index in [1.54, 1.807) is 12.1 Å². The number of aromatic carboxylic acids is 1. The molecule has 0 radical (unpaired) electrons. The van der Waals surface area contributed by atoms with Gasteiger partial charge >= 0.3 is 5.97 Å². The monoisotopic (exact) mass is 276 g/mol. The van der Waals surface area contributed by atoms with Crippen molar-refractivity contribution >= 4 is 17.6 Å². The predicted molar refractivity (Wildman–Crippen MR) is 75.0 cm³/mol. The van der Waals surface area contributed by atoms with Gasteiger partial charge < -0.3 is 9.84 Å². The van der Waals surface area contributed by atoms with Crippen LogP contribution in [0.5, 0.6) is 5.75 Å². The number of ether oxygens (including phenoxy) is 1. The Balaban J connectivity index is 2.40. The van der Waals surface area contributed by atoms with Gasteiger partial charge in [0.2, 0.25) is 0 Å². The molecule has 0 heterocycles. The van der Waals surface area contributed by atoms with E-state index in [9.17, 15) is 4.79 Å². The standard InChI is InChI=1S/C15H13ClO3/c1-2-19-12-6-3-10(4-7-12)13-9-11(15(17)18)5-8-14(13)16/h3-9H,2H2,1H3,(H,17,18). The van der Waals surface area contributed by atoms with E-state index in [-0.39, 0.29) is 5.56 Å². The molecular formula is C15H13ClO3. The molecule has 0 saturated heterocycles. The van der Waals surface area contributed by atoms with Crippen molar-refractivity contribution in [1.82, 2.24) is 0 Å². The largest absolute Gasteiger partial charge is 0.494 e. The second-order valence-electron chi connectivity index (χ2n) is 3.96. The lowest BCUT2D eigenvalue weighted by Crippen LogP contribution is -1.96. The molecule has 0 aliphatic rings. The predicted octanol–water partition coefficient (Wildman–Crippen LogP) is 4.10. The minimum Gasteiger partial charge on any atom is -0.494 e. The maximum absolute atomic E-state index is 11.0. The Bertz CT molecular complexity index is 591. The summed E-state index contributed by atoms with van der Waals surface area (Å²) in [7, 11) is 0. The highest BCUT2D eigenvalue weighted by atomic mass is 35.5. The van der Waals surface area contributed by atoms with Gasteiger partial charge in [-0.3, -0.25) is 0 Å². The zero-order valence-corrected chi connectivity index (χ0v) is 11.1. The van der Waals surface area contributed by atoms with Gasteiger partial charge in [-0.1, -0.05) is 23.7 Å². The number of hydrogen-bond acceptors (Lipinski definition) is 2. The zero-order chi connectivity index (χ0) is 13.8. The van der Waals surface area contributed by atoms with Crippen LogP contribution in [-0.2, 0) is 0 Å². The third kappa shape index (κ3) is 3.06. The first-order valence-electron chi connectivity index (χ1n) is 5.88. The van der Waals surface area contributed by atoms with E-state index in [1.807, 2.05) is 31.2 Å². The SMILES string of the molecule is CCOc1ccc(-c2cc(C(=O)O)ccc2Cl)cc1. The summed E-state index contributed by atoms with van der Waals surface area (Å²) in [5.41, 5.74) is 1.77. The highest BCUT2D eigenvalue weighted by molar-refractivity contribution is 6.33. The fraction of sp³-hybridized carbons (Fsp3) is 0.133. The third-order valence-electron chi connectivity index (χ3n) is 2.69. The molecule has 0 amide bonds. The zero-order valence-electron chi connectivity index (χ0n) is 10.4. The lowest BCUT2D eigenvalue weighted by Gasteiger charge is -2.08. The summed E-state index contributed by atoms with van der Waals surface area (Å²) < 4.78 is 5.36. The molecule has 98 valence electrons. The first kappa shape index (κ1) is 13.4. The second kappa shape index (κ2) is 5.76. The summed E-state index contributed by atoms with van der Waals surface area (Å²) in [6.07, 6.45) is 0. The summed E-state index contributed by atoms with van der Waals surface area (Å²) in [6.45, 7) is 2.52. The van der Waals surface area contributed by atoms with Crippen molar-refractivity contribution in [1.29, 1.82) is 0 Å². The fourth-order valence-corrected chi connectivity index (χ4v) is 2.00. The molecule has 0 atom stereocenters. The minimum absolute atomic E-state index is 0.216. The Morgan fingerprint density at radius 2 is 1.89 bits per heavy atom. The quantitative estimate of drug-likeness (QED) is 0.914. The van der Waals surface area contributed by atoms with Crippen molar-refractivity contribution in [3.63, 3.8) is 0 Å². The Labute approximate surface area is 116 Å². The van der Waals surface area contributed by atoms with Gasteiger partial charge in [-0.2, -0.15) is 0 Å². The average Bonchev–Trinajstić information content (AvgIpc) is 2.40. The lowest BCUT2D eigenvalue weighted by molar-refractivity contribution is 0.0697. The van der Waals surface area contributed by atoms with E-state index in [1.165, 1.54) is 6.07 Å². The third-order valence-corrected chi connectivity index (χ3v) is 3.02. The minimum atomic E-state index is -0.969. The maximum atomic E-state index is 11.0. The van der Waals surface area contributed by atoms with Crippen LogP contribution in [0.4, 0.5) is 0 Å². The molecule has 2 aromatic rings. The molecule has 0 fully saturated rings. The van der Waals surface area contributed by atoms with E-state index < -0.39 is 5.97 Å². The highest BCUT2D eigenvalue weighted by Crippen LogP contribution is 2.30. The van der Waals surface area contributed by atoms with Crippen LogP contribution in [0, 0.1) is 0 Å². The Morgan fingerprint density at radius 1 is 1.21 bits per heavy atom. The number of carbonyl (C=O) groups is 1. The van der Waals surface area contributed by atoms with Crippen LogP contribution in [0.3, 0.4) is 0 Å². The lowest BCUT2D eigenvalue weighted by atomic mass is 10.0. The van der Waals surface area contributed by atoms with Gasteiger partial charge in [0.15, 0.2) is 0 Å². The van der Waals surface area contributed by atoms with Crippen molar-refractivity contribution in [3.8, 4) is 16.9 Å². The van der Waals surface area contributed by atoms with Gasteiger partial charge in [0.25, 0.3) is 0 Å². The number of carboxylic acids is 1. The summed E-state index contributed by atoms with van der Waals surface area (Å²) >= 11 is 6.11. The van der Waals surface area contributed by atoms with Crippen LogP contribution in [0.25, 0.3) is 11.1 Å². The molecule has 0 spiro atoms. The van der Waals surface area contributed by atoms with Gasteiger partial charge in [0, 0.05) is 10.6 Å². The first-order valence-corrected chi connectivity index (χ1v) is 6.25. The number of carboxylic acid groups (broad SMARTS) is 1. The van der Waals surface area contributed by atoms with Crippen molar-refractivity contribution in [2.75, 3.05) is 6.61 Å². The van der Waals surface area contributed by atoms with Crippen molar-refractivity contribution in [2.45, 2.75) is 6.92 Å². The van der Waals surface area contributed by atoms with Gasteiger partial charge in [0.1, 0.15) is 5.75 Å². The molecule has 0 aromatic heterocycles. The van der Waals surface area contributed by atoms with E-state index in [4.69, 9.17) is 21.4 Å². The second-order valence-corrected chi connectivity index (χ2v) is 4.36. The first-order chi connectivity index (χ1) is 9.11.